The van der Waals surface area contributed by atoms with Gasteiger partial charge in [0.25, 0.3) is 0 Å². The summed E-state index contributed by atoms with van der Waals surface area (Å²) in [6.45, 7) is 3.08. The minimum Gasteiger partial charge on any atom is -0.494 e. The predicted octanol–water partition coefficient (Wildman–Crippen LogP) is 5.75. The molecule has 0 fully saturated rings. The van der Waals surface area contributed by atoms with Gasteiger partial charge in [0.1, 0.15) is 17.2 Å². The molecule has 0 unspecified atom stereocenters. The van der Waals surface area contributed by atoms with Crippen molar-refractivity contribution in [2.45, 2.75) is 39.0 Å². The number of carboxylic acids is 1. The van der Waals surface area contributed by atoms with E-state index in [1.54, 1.807) is 54.6 Å². The maximum atomic E-state index is 12.2. The Morgan fingerprint density at radius 1 is 0.842 bits per heavy atom. The fourth-order valence-electron chi connectivity index (χ4n) is 3.77. The van der Waals surface area contributed by atoms with E-state index in [1.807, 2.05) is 0 Å². The summed E-state index contributed by atoms with van der Waals surface area (Å²) in [6, 6.07) is 17.0. The third-order valence-electron chi connectivity index (χ3n) is 5.76. The van der Waals surface area contributed by atoms with Gasteiger partial charge in [0.2, 0.25) is 0 Å². The summed E-state index contributed by atoms with van der Waals surface area (Å²) < 4.78 is 16.8. The molecule has 3 aromatic carbocycles. The highest BCUT2D eigenvalue weighted by Gasteiger charge is 2.14. The Balaban J connectivity index is 1.45. The van der Waals surface area contributed by atoms with E-state index in [1.165, 1.54) is 31.1 Å². The van der Waals surface area contributed by atoms with Crippen molar-refractivity contribution < 1.29 is 28.9 Å². The van der Waals surface area contributed by atoms with Crippen LogP contribution in [0.25, 0.3) is 6.08 Å². The van der Waals surface area contributed by atoms with E-state index < -0.39 is 11.9 Å². The van der Waals surface area contributed by atoms with Crippen LogP contribution in [0.3, 0.4) is 0 Å². The van der Waals surface area contributed by atoms with Crippen molar-refractivity contribution >= 4 is 29.4 Å². The number of ether oxygens (including phenoxy) is 3. The van der Waals surface area contributed by atoms with Crippen LogP contribution in [0.15, 0.2) is 66.7 Å². The van der Waals surface area contributed by atoms with Crippen molar-refractivity contribution in [3.05, 3.63) is 83.4 Å². The summed E-state index contributed by atoms with van der Waals surface area (Å²) in [5.74, 6) is 0.206. The molecule has 0 spiro atoms. The van der Waals surface area contributed by atoms with Crippen molar-refractivity contribution in [3.63, 3.8) is 0 Å². The van der Waals surface area contributed by atoms with Gasteiger partial charge in [-0.15, -0.1) is 0 Å². The molecule has 3 aromatic rings. The lowest BCUT2D eigenvalue weighted by Gasteiger charge is -2.12. The van der Waals surface area contributed by atoms with E-state index in [-0.39, 0.29) is 12.2 Å². The first-order valence-electron chi connectivity index (χ1n) is 12.6. The molecule has 5 N–H and O–H groups in total. The maximum Gasteiger partial charge on any atom is 0.336 e. The van der Waals surface area contributed by atoms with Gasteiger partial charge in [0.05, 0.1) is 18.8 Å². The molecule has 0 atom stereocenters. The number of carboxylic acid groups (broad SMARTS) is 1. The zero-order chi connectivity index (χ0) is 27.3. The summed E-state index contributed by atoms with van der Waals surface area (Å²) in [7, 11) is 0. The number of aromatic carboxylic acids is 1. The van der Waals surface area contributed by atoms with Gasteiger partial charge in [-0.05, 0) is 72.2 Å². The number of nitrogen functional groups attached to an aromatic ring is 2. The average molecular weight is 519 g/mol. The van der Waals surface area contributed by atoms with Crippen molar-refractivity contribution in [2.24, 2.45) is 0 Å². The lowest BCUT2D eigenvalue weighted by Crippen LogP contribution is -2.11. The van der Waals surface area contributed by atoms with E-state index in [9.17, 15) is 14.7 Å². The summed E-state index contributed by atoms with van der Waals surface area (Å²) >= 11 is 0. The quantitative estimate of drug-likeness (QED) is 0.0807. The molecule has 3 rings (SSSR count). The maximum absolute atomic E-state index is 12.2. The topological polar surface area (TPSA) is 134 Å². The van der Waals surface area contributed by atoms with Gasteiger partial charge >= 0.3 is 11.9 Å². The van der Waals surface area contributed by atoms with Crippen molar-refractivity contribution in [3.8, 4) is 17.2 Å². The molecule has 8 nitrogen and oxygen atoms in total. The second kappa shape index (κ2) is 14.3. The van der Waals surface area contributed by atoms with Crippen LogP contribution in [0, 0.1) is 0 Å². The molecule has 0 radical (unpaired) electrons. The normalized spacial score (nSPS) is 10.9. The molecule has 200 valence electrons. The molecule has 0 bridgehead atoms. The van der Waals surface area contributed by atoms with Crippen molar-refractivity contribution in [1.29, 1.82) is 0 Å². The van der Waals surface area contributed by atoms with E-state index >= 15 is 0 Å². The number of unbranched alkanes of at least 4 members (excludes halogenated alkanes) is 3. The Morgan fingerprint density at radius 2 is 1.47 bits per heavy atom. The number of rotatable bonds is 14. The van der Waals surface area contributed by atoms with E-state index in [2.05, 4.69) is 6.92 Å². The van der Waals surface area contributed by atoms with E-state index in [0.717, 1.165) is 24.2 Å². The van der Waals surface area contributed by atoms with Crippen LogP contribution in [0.5, 0.6) is 17.2 Å². The Labute approximate surface area is 222 Å². The van der Waals surface area contributed by atoms with Gasteiger partial charge in [0, 0.05) is 23.9 Å². The van der Waals surface area contributed by atoms with Crippen LogP contribution in [-0.2, 0) is 11.2 Å². The van der Waals surface area contributed by atoms with Crippen molar-refractivity contribution in [1.82, 2.24) is 0 Å². The summed E-state index contributed by atoms with van der Waals surface area (Å²) in [4.78, 5) is 23.7. The Bertz CT molecular complexity index is 1240. The molecule has 8 heteroatoms. The summed E-state index contributed by atoms with van der Waals surface area (Å²) in [5, 5.41) is 9.40. The summed E-state index contributed by atoms with van der Waals surface area (Å²) in [6.07, 6.45) is 7.89. The minimum atomic E-state index is -1.09. The van der Waals surface area contributed by atoms with Crippen LogP contribution >= 0.6 is 0 Å². The third kappa shape index (κ3) is 8.89. The number of hydrogen-bond acceptors (Lipinski definition) is 7. The highest BCUT2D eigenvalue weighted by Crippen LogP contribution is 2.23. The fourth-order valence-corrected chi connectivity index (χ4v) is 3.77. The molecule has 0 saturated heterocycles. The van der Waals surface area contributed by atoms with Crippen LogP contribution in [-0.4, -0.2) is 30.3 Å². The zero-order valence-corrected chi connectivity index (χ0v) is 21.5. The third-order valence-corrected chi connectivity index (χ3v) is 5.76. The number of carbonyl (C=O) groups excluding carboxylic acids is 1. The standard InChI is InChI=1S/C30H34N2O6/c1-2-3-4-5-17-36-24-11-13-25(14-12-24)38-29(33)15-8-21-6-9-23(10-7-21)37-18-16-26-27(30(34)35)19-22(31)20-28(26)32/h6-15,19-20H,2-5,16-18,31-32H2,1H3,(H,34,35)/b15-8+. The monoisotopic (exact) mass is 518 g/mol. The molecule has 0 aliphatic carbocycles. The number of hydrogen-bond donors (Lipinski definition) is 3. The number of nitrogens with two attached hydrogens (primary N) is 2. The first-order chi connectivity index (χ1) is 18.4. The smallest absolute Gasteiger partial charge is 0.336 e. The predicted molar refractivity (Wildman–Crippen MR) is 149 cm³/mol. The number of carbonyl (C=O) groups is 2. The highest BCUT2D eigenvalue weighted by atomic mass is 16.5. The second-order valence-electron chi connectivity index (χ2n) is 8.74. The minimum absolute atomic E-state index is 0.0700. The van der Waals surface area contributed by atoms with Crippen LogP contribution < -0.4 is 25.7 Å². The Morgan fingerprint density at radius 3 is 2.13 bits per heavy atom. The molecule has 0 amide bonds. The second-order valence-corrected chi connectivity index (χ2v) is 8.74. The Hall–Kier alpha value is -4.46. The van der Waals surface area contributed by atoms with Crippen LogP contribution in [0.1, 0.15) is 54.1 Å². The largest absolute Gasteiger partial charge is 0.494 e. The van der Waals surface area contributed by atoms with Gasteiger partial charge in [0.15, 0.2) is 0 Å². The molecule has 0 aliphatic heterocycles. The molecular formula is C30H34N2O6. The summed E-state index contributed by atoms with van der Waals surface area (Å²) in [5.41, 5.74) is 13.6. The molecular weight excluding hydrogens is 484 g/mol. The Kier molecular flexibility index (Phi) is 10.6. The number of esters is 1. The van der Waals surface area contributed by atoms with Gasteiger partial charge in [-0.2, -0.15) is 0 Å². The molecule has 0 aliphatic rings. The lowest BCUT2D eigenvalue weighted by molar-refractivity contribution is -0.128. The van der Waals surface area contributed by atoms with E-state index in [0.29, 0.717) is 41.5 Å². The van der Waals surface area contributed by atoms with E-state index in [4.69, 9.17) is 25.7 Å². The number of anilines is 2. The molecule has 0 aromatic heterocycles. The zero-order valence-electron chi connectivity index (χ0n) is 21.5. The van der Waals surface area contributed by atoms with Gasteiger partial charge in [-0.25, -0.2) is 9.59 Å². The van der Waals surface area contributed by atoms with Crippen LogP contribution in [0.4, 0.5) is 11.4 Å². The molecule has 0 saturated carbocycles. The van der Waals surface area contributed by atoms with Crippen LogP contribution in [0.2, 0.25) is 0 Å². The first kappa shape index (κ1) is 28.1. The van der Waals surface area contributed by atoms with Gasteiger partial charge in [-0.1, -0.05) is 38.3 Å². The SMILES string of the molecule is CCCCCCOc1ccc(OC(=O)/C=C/c2ccc(OCCc3c(N)cc(N)cc3C(=O)O)cc2)cc1. The number of benzene rings is 3. The molecule has 38 heavy (non-hydrogen) atoms. The first-order valence-corrected chi connectivity index (χ1v) is 12.6. The average Bonchev–Trinajstić information content (AvgIpc) is 2.90. The highest BCUT2D eigenvalue weighted by molar-refractivity contribution is 5.92. The lowest BCUT2D eigenvalue weighted by atomic mass is 10.0. The van der Waals surface area contributed by atoms with Gasteiger partial charge in [-0.3, -0.25) is 0 Å². The molecule has 0 heterocycles. The van der Waals surface area contributed by atoms with Gasteiger partial charge < -0.3 is 30.8 Å². The fraction of sp³-hybridized carbons (Fsp3) is 0.267. The van der Waals surface area contributed by atoms with Crippen molar-refractivity contribution in [2.75, 3.05) is 24.7 Å².